The normalized spacial score (nSPS) is 10.9. The van der Waals surface area contributed by atoms with Crippen molar-refractivity contribution in [1.82, 2.24) is 19.9 Å². The highest BCUT2D eigenvalue weighted by Gasteiger charge is 2.15. The fraction of sp³-hybridized carbons (Fsp3) is 0.105. The van der Waals surface area contributed by atoms with E-state index in [9.17, 15) is 4.79 Å². The first-order valence-electron chi connectivity index (χ1n) is 7.94. The summed E-state index contributed by atoms with van der Waals surface area (Å²) in [6.07, 6.45) is 1.89. The number of aryl methyl sites for hydroxylation is 1. The Morgan fingerprint density at radius 1 is 1.12 bits per heavy atom. The highest BCUT2D eigenvalue weighted by Crippen LogP contribution is 2.28. The Morgan fingerprint density at radius 2 is 1.96 bits per heavy atom. The zero-order chi connectivity index (χ0) is 17.2. The fourth-order valence-electron chi connectivity index (χ4n) is 2.70. The molecule has 3 heterocycles. The maximum absolute atomic E-state index is 12.6. The summed E-state index contributed by atoms with van der Waals surface area (Å²) in [5, 5.41) is 13.1. The van der Waals surface area contributed by atoms with Gasteiger partial charge in [0.1, 0.15) is 0 Å². The van der Waals surface area contributed by atoms with Gasteiger partial charge in [0.15, 0.2) is 11.5 Å². The van der Waals surface area contributed by atoms with Crippen LogP contribution in [-0.4, -0.2) is 20.5 Å². The number of thiophene rings is 1. The van der Waals surface area contributed by atoms with Crippen LogP contribution in [-0.2, 0) is 6.54 Å². The average Bonchev–Trinajstić information content (AvgIpc) is 3.28. The fourth-order valence-corrected chi connectivity index (χ4v) is 3.53. The molecule has 0 radical (unpaired) electrons. The minimum absolute atomic E-state index is 0.0988. The third kappa shape index (κ3) is 3.04. The maximum atomic E-state index is 12.6. The van der Waals surface area contributed by atoms with Gasteiger partial charge in [-0.3, -0.25) is 9.20 Å². The molecule has 1 amide bonds. The molecule has 1 N–H and O–H groups in total. The zero-order valence-electron chi connectivity index (χ0n) is 13.6. The van der Waals surface area contributed by atoms with Gasteiger partial charge in [-0.2, -0.15) is 0 Å². The van der Waals surface area contributed by atoms with Gasteiger partial charge in [0.25, 0.3) is 5.91 Å². The lowest BCUT2D eigenvalue weighted by atomic mass is 10.0. The third-order valence-corrected chi connectivity index (χ3v) is 4.94. The Bertz CT molecular complexity index is 1030. The number of rotatable bonds is 4. The number of nitrogens with one attached hydrogen (secondary N) is 1. The summed E-state index contributed by atoms with van der Waals surface area (Å²) in [7, 11) is 0. The molecular weight excluding hydrogens is 332 g/mol. The molecule has 4 aromatic rings. The van der Waals surface area contributed by atoms with Crippen molar-refractivity contribution in [2.24, 2.45) is 0 Å². The van der Waals surface area contributed by atoms with Crippen LogP contribution in [0.25, 0.3) is 16.8 Å². The number of carbonyl (C=O) groups excluding carboxylic acids is 1. The van der Waals surface area contributed by atoms with Crippen LogP contribution in [0.3, 0.4) is 0 Å². The molecule has 6 heteroatoms. The van der Waals surface area contributed by atoms with E-state index in [2.05, 4.69) is 27.6 Å². The number of benzene rings is 1. The molecule has 0 spiro atoms. The number of aromatic nitrogens is 3. The summed E-state index contributed by atoms with van der Waals surface area (Å²) in [5.74, 6) is 0.607. The molecule has 0 saturated heterocycles. The van der Waals surface area contributed by atoms with Gasteiger partial charge in [0.05, 0.1) is 11.4 Å². The molecule has 3 aromatic heterocycles. The number of nitrogens with zero attached hydrogens (tertiary/aromatic N) is 3. The lowest BCUT2D eigenvalue weighted by molar-refractivity contribution is 0.0954. The predicted octanol–water partition coefficient (Wildman–Crippen LogP) is 3.70. The average molecular weight is 348 g/mol. The van der Waals surface area contributed by atoms with Crippen molar-refractivity contribution in [3.8, 4) is 11.1 Å². The maximum Gasteiger partial charge on any atom is 0.262 e. The molecule has 0 aliphatic carbocycles. The molecule has 0 aliphatic heterocycles. The van der Waals surface area contributed by atoms with Gasteiger partial charge in [-0.1, -0.05) is 35.9 Å². The second-order valence-electron chi connectivity index (χ2n) is 5.76. The van der Waals surface area contributed by atoms with E-state index in [4.69, 9.17) is 0 Å². The van der Waals surface area contributed by atoms with Gasteiger partial charge in [-0.15, -0.1) is 21.5 Å². The number of pyridine rings is 1. The van der Waals surface area contributed by atoms with Gasteiger partial charge < -0.3 is 5.32 Å². The standard InChI is InChI=1S/C19H16N4OS/c1-13-5-7-14(8-6-13)15-9-11-25-18(15)19(24)20-12-17-22-21-16-4-2-3-10-23(16)17/h2-11H,12H2,1H3,(H,20,24). The Labute approximate surface area is 149 Å². The van der Waals surface area contributed by atoms with Crippen LogP contribution in [0.1, 0.15) is 21.1 Å². The molecule has 1 aromatic carbocycles. The van der Waals surface area contributed by atoms with Gasteiger partial charge >= 0.3 is 0 Å². The van der Waals surface area contributed by atoms with E-state index in [1.54, 1.807) is 0 Å². The molecular formula is C19H16N4OS. The first-order valence-corrected chi connectivity index (χ1v) is 8.82. The van der Waals surface area contributed by atoms with Crippen molar-refractivity contribution in [1.29, 1.82) is 0 Å². The highest BCUT2D eigenvalue weighted by molar-refractivity contribution is 7.12. The monoisotopic (exact) mass is 348 g/mol. The minimum Gasteiger partial charge on any atom is -0.344 e. The molecule has 0 fully saturated rings. The molecule has 5 nitrogen and oxygen atoms in total. The van der Waals surface area contributed by atoms with E-state index < -0.39 is 0 Å². The van der Waals surface area contributed by atoms with Crippen LogP contribution in [0.15, 0.2) is 60.1 Å². The molecule has 4 rings (SSSR count). The SMILES string of the molecule is Cc1ccc(-c2ccsc2C(=O)NCc2nnc3ccccn23)cc1. The molecule has 25 heavy (non-hydrogen) atoms. The van der Waals surface area contributed by atoms with Gasteiger partial charge in [0.2, 0.25) is 0 Å². The lowest BCUT2D eigenvalue weighted by Crippen LogP contribution is -2.23. The largest absolute Gasteiger partial charge is 0.344 e. The number of hydrogen-bond donors (Lipinski definition) is 1. The van der Waals surface area contributed by atoms with E-state index in [0.29, 0.717) is 17.2 Å². The summed E-state index contributed by atoms with van der Waals surface area (Å²) < 4.78 is 1.87. The number of fused-ring (bicyclic) bond motifs is 1. The Hall–Kier alpha value is -2.99. The van der Waals surface area contributed by atoms with Gasteiger partial charge in [-0.25, -0.2) is 0 Å². The van der Waals surface area contributed by atoms with Crippen molar-refractivity contribution in [2.75, 3.05) is 0 Å². The quantitative estimate of drug-likeness (QED) is 0.612. The third-order valence-electron chi connectivity index (χ3n) is 4.03. The summed E-state index contributed by atoms with van der Waals surface area (Å²) in [6.45, 7) is 2.38. The Kier molecular flexibility index (Phi) is 4.03. The molecule has 124 valence electrons. The van der Waals surface area contributed by atoms with Crippen LogP contribution in [0.4, 0.5) is 0 Å². The number of hydrogen-bond acceptors (Lipinski definition) is 4. The van der Waals surface area contributed by atoms with E-state index in [-0.39, 0.29) is 5.91 Å². The van der Waals surface area contributed by atoms with Crippen LogP contribution in [0, 0.1) is 6.92 Å². The van der Waals surface area contributed by atoms with Crippen molar-refractivity contribution in [2.45, 2.75) is 13.5 Å². The first kappa shape index (κ1) is 15.5. The predicted molar refractivity (Wildman–Crippen MR) is 98.6 cm³/mol. The molecule has 0 saturated carbocycles. The lowest BCUT2D eigenvalue weighted by Gasteiger charge is -2.06. The second-order valence-corrected chi connectivity index (χ2v) is 6.67. The van der Waals surface area contributed by atoms with Crippen molar-refractivity contribution in [3.63, 3.8) is 0 Å². The summed E-state index contributed by atoms with van der Waals surface area (Å²) in [6, 6.07) is 15.9. The van der Waals surface area contributed by atoms with E-state index in [1.165, 1.54) is 16.9 Å². The highest BCUT2D eigenvalue weighted by atomic mass is 32.1. The summed E-state index contributed by atoms with van der Waals surface area (Å²) >= 11 is 1.44. The van der Waals surface area contributed by atoms with Crippen molar-refractivity contribution >= 4 is 22.9 Å². The van der Waals surface area contributed by atoms with Gasteiger partial charge in [-0.05, 0) is 36.1 Å². The topological polar surface area (TPSA) is 59.3 Å². The Morgan fingerprint density at radius 3 is 2.80 bits per heavy atom. The van der Waals surface area contributed by atoms with E-state index in [0.717, 1.165) is 16.8 Å². The molecule has 0 aliphatic rings. The van der Waals surface area contributed by atoms with Crippen LogP contribution in [0.5, 0.6) is 0 Å². The van der Waals surface area contributed by atoms with Gasteiger partial charge in [0, 0.05) is 11.8 Å². The second kappa shape index (κ2) is 6.49. The van der Waals surface area contributed by atoms with Crippen LogP contribution in [0.2, 0.25) is 0 Å². The van der Waals surface area contributed by atoms with Crippen molar-refractivity contribution < 1.29 is 4.79 Å². The van der Waals surface area contributed by atoms with E-state index in [1.807, 2.05) is 59.3 Å². The number of amides is 1. The smallest absolute Gasteiger partial charge is 0.262 e. The summed E-state index contributed by atoms with van der Waals surface area (Å²) in [4.78, 5) is 13.3. The van der Waals surface area contributed by atoms with E-state index >= 15 is 0 Å². The molecule has 0 atom stereocenters. The summed E-state index contributed by atoms with van der Waals surface area (Å²) in [5.41, 5.74) is 3.96. The Balaban J connectivity index is 1.54. The zero-order valence-corrected chi connectivity index (χ0v) is 14.5. The van der Waals surface area contributed by atoms with Crippen LogP contribution < -0.4 is 5.32 Å². The molecule has 0 bridgehead atoms. The molecule has 0 unspecified atom stereocenters. The first-order chi connectivity index (χ1) is 12.2. The van der Waals surface area contributed by atoms with Crippen LogP contribution >= 0.6 is 11.3 Å². The van der Waals surface area contributed by atoms with Crippen molar-refractivity contribution in [3.05, 3.63) is 76.4 Å². The minimum atomic E-state index is -0.0988. The number of carbonyl (C=O) groups is 1.